The molecule has 0 spiro atoms. The van der Waals surface area contributed by atoms with Gasteiger partial charge >= 0.3 is 0 Å². The Balaban J connectivity index is 1.73. The fourth-order valence-corrected chi connectivity index (χ4v) is 3.68. The van der Waals surface area contributed by atoms with Gasteiger partial charge in [0, 0.05) is 11.1 Å². The van der Waals surface area contributed by atoms with Crippen LogP contribution in [-0.4, -0.2) is 36.7 Å². The third-order valence-electron chi connectivity index (χ3n) is 3.17. The van der Waals surface area contributed by atoms with Crippen molar-refractivity contribution >= 4 is 28.9 Å². The summed E-state index contributed by atoms with van der Waals surface area (Å²) in [6.45, 7) is 1.81. The van der Waals surface area contributed by atoms with E-state index in [1.165, 1.54) is 28.2 Å². The highest BCUT2D eigenvalue weighted by molar-refractivity contribution is 7.99. The highest BCUT2D eigenvalue weighted by Gasteiger charge is 2.24. The van der Waals surface area contributed by atoms with Crippen molar-refractivity contribution in [1.29, 1.82) is 5.26 Å². The lowest BCUT2D eigenvalue weighted by Crippen LogP contribution is -2.13. The minimum atomic E-state index is -0.912. The summed E-state index contributed by atoms with van der Waals surface area (Å²) in [4.78, 5) is 16.6. The normalized spacial score (nSPS) is 11.9. The molecule has 0 fully saturated rings. The molecule has 2 heterocycles. The molecule has 126 valence electrons. The zero-order valence-electron chi connectivity index (χ0n) is 13.0. The molecule has 0 aliphatic rings. The van der Waals surface area contributed by atoms with Gasteiger partial charge in [-0.15, -0.1) is 16.4 Å². The van der Waals surface area contributed by atoms with Gasteiger partial charge in [-0.2, -0.15) is 9.94 Å². The topological polar surface area (TPSA) is 97.4 Å². The standard InChI is InChI=1S/C15H11FN6OS2/c1-9-7-24-14(18-9)12(6-17)13(23)8-25-15-19-20-21-22(15)11-4-2-3-10(16)5-11/h2-5,7,12H,8H2,1H3/t12-/m1/s1. The fourth-order valence-electron chi connectivity index (χ4n) is 2.03. The zero-order valence-corrected chi connectivity index (χ0v) is 14.6. The molecule has 0 bridgehead atoms. The lowest BCUT2D eigenvalue weighted by atomic mass is 10.1. The molecule has 25 heavy (non-hydrogen) atoms. The molecule has 0 unspecified atom stereocenters. The number of Topliss-reactive ketones (excluding diaryl/α,β-unsaturated/α-hetero) is 1. The van der Waals surface area contributed by atoms with Gasteiger partial charge in [0.05, 0.1) is 17.5 Å². The molecule has 7 nitrogen and oxygen atoms in total. The van der Waals surface area contributed by atoms with E-state index in [-0.39, 0.29) is 11.5 Å². The monoisotopic (exact) mass is 374 g/mol. The van der Waals surface area contributed by atoms with Crippen molar-refractivity contribution in [2.24, 2.45) is 0 Å². The van der Waals surface area contributed by atoms with E-state index in [4.69, 9.17) is 0 Å². The number of hydrogen-bond acceptors (Lipinski definition) is 8. The summed E-state index contributed by atoms with van der Waals surface area (Å²) in [7, 11) is 0. The Bertz CT molecular complexity index is 947. The number of carbonyl (C=O) groups excluding carboxylic acids is 1. The van der Waals surface area contributed by atoms with Crippen molar-refractivity contribution in [1.82, 2.24) is 25.2 Å². The molecule has 0 radical (unpaired) electrons. The Hall–Kier alpha value is -2.64. The van der Waals surface area contributed by atoms with Crippen LogP contribution >= 0.6 is 23.1 Å². The van der Waals surface area contributed by atoms with E-state index >= 15 is 0 Å². The fraction of sp³-hybridized carbons (Fsp3) is 0.200. The van der Waals surface area contributed by atoms with Crippen LogP contribution in [0.2, 0.25) is 0 Å². The van der Waals surface area contributed by atoms with Gasteiger partial charge < -0.3 is 0 Å². The first-order valence-electron chi connectivity index (χ1n) is 7.10. The molecule has 0 saturated heterocycles. The maximum Gasteiger partial charge on any atom is 0.214 e. The largest absolute Gasteiger partial charge is 0.297 e. The highest BCUT2D eigenvalue weighted by atomic mass is 32.2. The molecule has 0 aliphatic carbocycles. The van der Waals surface area contributed by atoms with Crippen LogP contribution in [0.15, 0.2) is 34.8 Å². The molecule has 0 saturated carbocycles. The summed E-state index contributed by atoms with van der Waals surface area (Å²) in [5, 5.41) is 23.1. The summed E-state index contributed by atoms with van der Waals surface area (Å²) in [6.07, 6.45) is 0. The molecule has 10 heteroatoms. The van der Waals surface area contributed by atoms with Crippen molar-refractivity contribution in [3.8, 4) is 11.8 Å². The molecule has 3 rings (SSSR count). The summed E-state index contributed by atoms with van der Waals surface area (Å²) in [6, 6.07) is 7.80. The van der Waals surface area contributed by atoms with E-state index in [0.29, 0.717) is 15.9 Å². The average molecular weight is 374 g/mol. The number of halogens is 1. The molecular weight excluding hydrogens is 363 g/mol. The summed E-state index contributed by atoms with van der Waals surface area (Å²) < 4.78 is 14.7. The summed E-state index contributed by atoms with van der Waals surface area (Å²) in [5.41, 5.74) is 1.23. The van der Waals surface area contributed by atoms with Crippen molar-refractivity contribution in [3.63, 3.8) is 0 Å². The van der Waals surface area contributed by atoms with Crippen molar-refractivity contribution in [3.05, 3.63) is 46.2 Å². The van der Waals surface area contributed by atoms with Gasteiger partial charge in [0.25, 0.3) is 0 Å². The number of benzene rings is 1. The van der Waals surface area contributed by atoms with E-state index in [2.05, 4.69) is 20.5 Å². The third kappa shape index (κ3) is 3.89. The lowest BCUT2D eigenvalue weighted by Gasteiger charge is -2.06. The Morgan fingerprint density at radius 2 is 2.36 bits per heavy atom. The number of hydrogen-bond donors (Lipinski definition) is 0. The number of rotatable bonds is 6. The molecule has 3 aromatic rings. The zero-order chi connectivity index (χ0) is 17.8. The number of tetrazole rings is 1. The molecule has 0 amide bonds. The predicted molar refractivity (Wildman–Crippen MR) is 90.0 cm³/mol. The van der Waals surface area contributed by atoms with Crippen molar-refractivity contribution < 1.29 is 9.18 Å². The smallest absolute Gasteiger partial charge is 0.214 e. The van der Waals surface area contributed by atoms with Gasteiger partial charge in [0.2, 0.25) is 5.16 Å². The number of aryl methyl sites for hydroxylation is 1. The van der Waals surface area contributed by atoms with E-state index in [0.717, 1.165) is 17.5 Å². The minimum absolute atomic E-state index is 0.00649. The minimum Gasteiger partial charge on any atom is -0.297 e. The van der Waals surface area contributed by atoms with Crippen LogP contribution < -0.4 is 0 Å². The Labute approximate surface area is 150 Å². The number of thioether (sulfide) groups is 1. The Morgan fingerprint density at radius 1 is 1.52 bits per heavy atom. The Kier molecular flexibility index (Phi) is 5.16. The van der Waals surface area contributed by atoms with Crippen molar-refractivity contribution in [2.75, 3.05) is 5.75 Å². The number of carbonyl (C=O) groups is 1. The first-order valence-corrected chi connectivity index (χ1v) is 8.96. The first kappa shape index (κ1) is 17.2. The van der Waals surface area contributed by atoms with Gasteiger partial charge in [-0.3, -0.25) is 4.79 Å². The number of thiazole rings is 1. The Morgan fingerprint density at radius 3 is 3.04 bits per heavy atom. The van der Waals surface area contributed by atoms with Crippen LogP contribution in [0.4, 0.5) is 4.39 Å². The van der Waals surface area contributed by atoms with Crippen LogP contribution in [0.25, 0.3) is 5.69 Å². The average Bonchev–Trinajstić information content (AvgIpc) is 3.23. The number of ketones is 1. The second-order valence-electron chi connectivity index (χ2n) is 5.00. The van der Waals surface area contributed by atoms with E-state index < -0.39 is 11.7 Å². The van der Waals surface area contributed by atoms with Crippen LogP contribution in [0, 0.1) is 24.1 Å². The quantitative estimate of drug-likeness (QED) is 0.612. The van der Waals surface area contributed by atoms with E-state index in [1.54, 1.807) is 24.4 Å². The van der Waals surface area contributed by atoms with Gasteiger partial charge in [-0.05, 0) is 35.5 Å². The van der Waals surface area contributed by atoms with Gasteiger partial charge in [0.1, 0.15) is 10.8 Å². The summed E-state index contributed by atoms with van der Waals surface area (Å²) >= 11 is 2.37. The number of nitrogens with zero attached hydrogens (tertiary/aromatic N) is 6. The second kappa shape index (κ2) is 7.50. The first-order chi connectivity index (χ1) is 12.1. The summed E-state index contributed by atoms with van der Waals surface area (Å²) in [5.74, 6) is -1.60. The van der Waals surface area contributed by atoms with Crippen LogP contribution in [0.1, 0.15) is 16.6 Å². The lowest BCUT2D eigenvalue weighted by molar-refractivity contribution is -0.116. The number of nitriles is 1. The molecule has 2 aromatic heterocycles. The second-order valence-corrected chi connectivity index (χ2v) is 6.83. The highest BCUT2D eigenvalue weighted by Crippen LogP contribution is 2.25. The molecule has 1 atom stereocenters. The maximum atomic E-state index is 13.4. The van der Waals surface area contributed by atoms with Crippen LogP contribution in [0.5, 0.6) is 0 Å². The van der Waals surface area contributed by atoms with Crippen LogP contribution in [0.3, 0.4) is 0 Å². The van der Waals surface area contributed by atoms with Gasteiger partial charge in [-0.25, -0.2) is 9.37 Å². The molecule has 1 aromatic carbocycles. The predicted octanol–water partition coefficient (Wildman–Crippen LogP) is 2.53. The number of aromatic nitrogens is 5. The SMILES string of the molecule is Cc1csc([C@H](C#N)C(=O)CSc2nnnn2-c2cccc(F)c2)n1. The third-order valence-corrected chi connectivity index (χ3v) is 5.14. The van der Waals surface area contributed by atoms with Gasteiger partial charge in [-0.1, -0.05) is 17.8 Å². The van der Waals surface area contributed by atoms with Crippen LogP contribution in [-0.2, 0) is 4.79 Å². The maximum absolute atomic E-state index is 13.4. The molecule has 0 aliphatic heterocycles. The molecule has 0 N–H and O–H groups in total. The van der Waals surface area contributed by atoms with Gasteiger partial charge in [0.15, 0.2) is 11.7 Å². The molecular formula is C15H11FN6OS2. The van der Waals surface area contributed by atoms with E-state index in [1.807, 2.05) is 6.07 Å². The van der Waals surface area contributed by atoms with E-state index in [9.17, 15) is 14.4 Å². The van der Waals surface area contributed by atoms with Crippen molar-refractivity contribution in [2.45, 2.75) is 18.0 Å².